The molecule has 0 nitrogen and oxygen atoms in total. The molecule has 0 heterocycles. The second-order valence-corrected chi connectivity index (χ2v) is 10.7. The van der Waals surface area contributed by atoms with Crippen LogP contribution in [-0.2, 0) is 0 Å². The summed E-state index contributed by atoms with van der Waals surface area (Å²) in [6, 6.07) is 0. The molecule has 0 aliphatic rings. The van der Waals surface area contributed by atoms with Gasteiger partial charge in [0.1, 0.15) is 0 Å². The number of unbranched alkanes of at least 4 members (excludes halogenated alkanes) is 4. The summed E-state index contributed by atoms with van der Waals surface area (Å²) in [6.07, 6.45) is 21.0. The average molecular weight is 471 g/mol. The van der Waals surface area contributed by atoms with Crippen LogP contribution in [-0.4, -0.2) is 0 Å². The molecule has 33 heavy (non-hydrogen) atoms. The lowest BCUT2D eigenvalue weighted by molar-refractivity contribution is 0.192. The fourth-order valence-corrected chi connectivity index (χ4v) is 4.44. The smallest absolute Gasteiger partial charge is 0.0360 e. The molecule has 0 aromatic heterocycles. The van der Waals surface area contributed by atoms with Gasteiger partial charge in [-0.15, -0.1) is 0 Å². The van der Waals surface area contributed by atoms with Crippen molar-refractivity contribution >= 4 is 0 Å². The molecular formula is C33H74. The molecule has 0 aliphatic carbocycles. The van der Waals surface area contributed by atoms with Gasteiger partial charge in [0, 0.05) is 0 Å². The van der Waals surface area contributed by atoms with Crippen LogP contribution >= 0.6 is 0 Å². The summed E-state index contributed by atoms with van der Waals surface area (Å²) in [7, 11) is 0. The molecule has 3 unspecified atom stereocenters. The van der Waals surface area contributed by atoms with E-state index in [0.29, 0.717) is 0 Å². The van der Waals surface area contributed by atoms with Crippen molar-refractivity contribution in [3.05, 3.63) is 0 Å². The fraction of sp³-hybridized carbons (Fsp3) is 1.00. The van der Waals surface area contributed by atoms with Crippen LogP contribution in [0.2, 0.25) is 0 Å². The Balaban J connectivity index is -0.000000229. The van der Waals surface area contributed by atoms with Gasteiger partial charge in [-0.25, -0.2) is 0 Å². The summed E-state index contributed by atoms with van der Waals surface area (Å²) < 4.78 is 0. The summed E-state index contributed by atoms with van der Waals surface area (Å²) in [6.45, 7) is 29.4. The monoisotopic (exact) mass is 471 g/mol. The van der Waals surface area contributed by atoms with Crippen molar-refractivity contribution in [3.63, 3.8) is 0 Å². The van der Waals surface area contributed by atoms with Crippen LogP contribution in [0.25, 0.3) is 0 Å². The van der Waals surface area contributed by atoms with Gasteiger partial charge in [-0.1, -0.05) is 186 Å². The molecular weight excluding hydrogens is 396 g/mol. The molecule has 0 aromatic carbocycles. The Kier molecular flexibility index (Phi) is 41.6. The zero-order chi connectivity index (χ0) is 26.5. The quantitative estimate of drug-likeness (QED) is 0.185. The summed E-state index contributed by atoms with van der Waals surface area (Å²) in [4.78, 5) is 0. The maximum atomic E-state index is 2.50. The van der Waals surface area contributed by atoms with Crippen LogP contribution in [0.15, 0.2) is 0 Å². The third kappa shape index (κ3) is 32.0. The highest BCUT2D eigenvalue weighted by Crippen LogP contribution is 2.34. The Bertz CT molecular complexity index is 288. The molecule has 0 fully saturated rings. The Morgan fingerprint density at radius 2 is 0.970 bits per heavy atom. The molecule has 0 N–H and O–H groups in total. The van der Waals surface area contributed by atoms with E-state index in [4.69, 9.17) is 0 Å². The van der Waals surface area contributed by atoms with Crippen molar-refractivity contribution in [2.45, 2.75) is 186 Å². The predicted molar refractivity (Wildman–Crippen MR) is 160 cm³/mol. The molecule has 0 amide bonds. The largest absolute Gasteiger partial charge is 0.0683 e. The first kappa shape index (κ1) is 40.2. The zero-order valence-electron chi connectivity index (χ0n) is 26.5. The first-order chi connectivity index (χ1) is 15.8. The molecule has 0 saturated heterocycles. The van der Waals surface area contributed by atoms with E-state index < -0.39 is 0 Å². The van der Waals surface area contributed by atoms with Crippen LogP contribution in [0.4, 0.5) is 0 Å². The lowest BCUT2D eigenvalue weighted by Gasteiger charge is -2.31. The highest BCUT2D eigenvalue weighted by molar-refractivity contribution is 4.74. The van der Waals surface area contributed by atoms with E-state index in [2.05, 4.69) is 76.2 Å². The van der Waals surface area contributed by atoms with Crippen LogP contribution in [0.3, 0.4) is 0 Å². The van der Waals surface area contributed by atoms with Gasteiger partial charge >= 0.3 is 0 Å². The maximum Gasteiger partial charge on any atom is -0.0360 e. The first-order valence-corrected chi connectivity index (χ1v) is 15.8. The van der Waals surface area contributed by atoms with Gasteiger partial charge in [0.25, 0.3) is 0 Å². The molecule has 0 bridgehead atoms. The van der Waals surface area contributed by atoms with Crippen LogP contribution in [0, 0.1) is 29.6 Å². The molecule has 0 aliphatic heterocycles. The Labute approximate surface area is 215 Å². The van der Waals surface area contributed by atoms with Crippen molar-refractivity contribution in [1.82, 2.24) is 0 Å². The molecule has 206 valence electrons. The van der Waals surface area contributed by atoms with Gasteiger partial charge in [-0.3, -0.25) is 0 Å². The minimum Gasteiger partial charge on any atom is -0.0683 e. The fourth-order valence-electron chi connectivity index (χ4n) is 4.44. The van der Waals surface area contributed by atoms with Crippen molar-refractivity contribution in [3.8, 4) is 0 Å². The standard InChI is InChI=1S/C18H38.C7H16.C6H14.C2H6/c1-6-10-11-12-15-17(9-4)18(14-8-3)16(5)13-7-2;1-4-5-6-7(2)3;1-4-6(3)5-2;1-2/h16-18H,6-15H2,1-5H3;7H,4-6H2,1-3H3;6H,4-5H2,1-3H3;1-2H3. The average Bonchev–Trinajstić information content (AvgIpc) is 2.83. The third-order valence-corrected chi connectivity index (χ3v) is 7.18. The number of rotatable bonds is 17. The van der Waals surface area contributed by atoms with E-state index in [0.717, 1.165) is 29.6 Å². The lowest BCUT2D eigenvalue weighted by Crippen LogP contribution is -2.21. The summed E-state index contributed by atoms with van der Waals surface area (Å²) >= 11 is 0. The van der Waals surface area contributed by atoms with Gasteiger partial charge in [0.05, 0.1) is 0 Å². The minimum absolute atomic E-state index is 0.903. The molecule has 0 rings (SSSR count). The molecule has 0 heteroatoms. The van der Waals surface area contributed by atoms with E-state index in [9.17, 15) is 0 Å². The van der Waals surface area contributed by atoms with Crippen LogP contribution in [0.1, 0.15) is 186 Å². The highest BCUT2D eigenvalue weighted by atomic mass is 14.3. The molecule has 0 spiro atoms. The van der Waals surface area contributed by atoms with Gasteiger partial charge in [-0.2, -0.15) is 0 Å². The molecule has 0 saturated carbocycles. The molecule has 3 atom stereocenters. The maximum absolute atomic E-state index is 2.50. The van der Waals surface area contributed by atoms with Crippen molar-refractivity contribution < 1.29 is 0 Å². The van der Waals surface area contributed by atoms with E-state index in [-0.39, 0.29) is 0 Å². The highest BCUT2D eigenvalue weighted by Gasteiger charge is 2.23. The lowest BCUT2D eigenvalue weighted by atomic mass is 9.74. The number of hydrogen-bond acceptors (Lipinski definition) is 0. The van der Waals surface area contributed by atoms with Crippen LogP contribution in [0.5, 0.6) is 0 Å². The topological polar surface area (TPSA) is 0 Å². The van der Waals surface area contributed by atoms with E-state index >= 15 is 0 Å². The molecule has 0 radical (unpaired) electrons. The van der Waals surface area contributed by atoms with Gasteiger partial charge < -0.3 is 0 Å². The van der Waals surface area contributed by atoms with Gasteiger partial charge in [0.2, 0.25) is 0 Å². The van der Waals surface area contributed by atoms with E-state index in [1.165, 1.54) is 96.3 Å². The Morgan fingerprint density at radius 1 is 0.455 bits per heavy atom. The SMILES string of the molecule is CC.CCC(C)CC.CCCCC(C)C.CCCCCCC(CC)C(CCC)C(C)CCC. The van der Waals surface area contributed by atoms with E-state index in [1.807, 2.05) is 13.8 Å². The molecule has 0 aromatic rings. The second-order valence-electron chi connectivity index (χ2n) is 10.7. The zero-order valence-corrected chi connectivity index (χ0v) is 26.5. The predicted octanol–water partition coefficient (Wildman–Crippen LogP) is 13.1. The summed E-state index contributed by atoms with van der Waals surface area (Å²) in [5.41, 5.74) is 0. The summed E-state index contributed by atoms with van der Waals surface area (Å²) in [5, 5.41) is 0. The van der Waals surface area contributed by atoms with Crippen molar-refractivity contribution in [2.24, 2.45) is 29.6 Å². The third-order valence-electron chi connectivity index (χ3n) is 7.18. The van der Waals surface area contributed by atoms with Gasteiger partial charge in [-0.05, 0) is 29.6 Å². The van der Waals surface area contributed by atoms with Crippen molar-refractivity contribution in [1.29, 1.82) is 0 Å². The second kappa shape index (κ2) is 34.2. The Morgan fingerprint density at radius 3 is 1.27 bits per heavy atom. The summed E-state index contributed by atoms with van der Waals surface area (Å²) in [5.74, 6) is 4.75. The number of hydrogen-bond donors (Lipinski definition) is 0. The van der Waals surface area contributed by atoms with Crippen molar-refractivity contribution in [2.75, 3.05) is 0 Å². The van der Waals surface area contributed by atoms with Crippen LogP contribution < -0.4 is 0 Å². The first-order valence-electron chi connectivity index (χ1n) is 15.8. The minimum atomic E-state index is 0.903. The van der Waals surface area contributed by atoms with E-state index in [1.54, 1.807) is 0 Å². The van der Waals surface area contributed by atoms with Gasteiger partial charge in [0.15, 0.2) is 0 Å². The Hall–Kier alpha value is 0. The normalized spacial score (nSPS) is 13.2.